The predicted octanol–water partition coefficient (Wildman–Crippen LogP) is 2.34. The van der Waals surface area contributed by atoms with Gasteiger partial charge in [0.05, 0.1) is 24.7 Å². The molecule has 1 aliphatic heterocycles. The van der Waals surface area contributed by atoms with Crippen LogP contribution in [0.4, 0.5) is 5.69 Å². The van der Waals surface area contributed by atoms with E-state index in [1.807, 2.05) is 6.07 Å². The van der Waals surface area contributed by atoms with Crippen molar-refractivity contribution >= 4 is 5.69 Å². The summed E-state index contributed by atoms with van der Waals surface area (Å²) in [7, 11) is 1.51. The average Bonchev–Trinajstić information content (AvgIpc) is 2.71. The number of nitro groups is 1. The van der Waals surface area contributed by atoms with Crippen molar-refractivity contribution in [3.63, 3.8) is 0 Å². The maximum absolute atomic E-state index is 11.0. The number of aliphatic hydroxyl groups is 1. The summed E-state index contributed by atoms with van der Waals surface area (Å²) in [4.78, 5) is 12.8. The van der Waals surface area contributed by atoms with E-state index in [9.17, 15) is 15.2 Å². The van der Waals surface area contributed by atoms with Crippen LogP contribution in [0.1, 0.15) is 31.2 Å². The lowest BCUT2D eigenvalue weighted by atomic mass is 10.1. The van der Waals surface area contributed by atoms with E-state index < -0.39 is 4.92 Å². The van der Waals surface area contributed by atoms with E-state index in [0.717, 1.165) is 31.4 Å². The lowest BCUT2D eigenvalue weighted by Gasteiger charge is -2.28. The maximum atomic E-state index is 11.0. The zero-order valence-corrected chi connectivity index (χ0v) is 12.3. The van der Waals surface area contributed by atoms with Gasteiger partial charge in [-0.05, 0) is 31.0 Å². The lowest BCUT2D eigenvalue weighted by Crippen LogP contribution is -2.36. The highest BCUT2D eigenvalue weighted by Crippen LogP contribution is 2.25. The van der Waals surface area contributed by atoms with Gasteiger partial charge in [0.1, 0.15) is 5.75 Å². The van der Waals surface area contributed by atoms with Crippen molar-refractivity contribution in [1.29, 1.82) is 0 Å². The van der Waals surface area contributed by atoms with Gasteiger partial charge in [-0.25, -0.2) is 0 Å². The molecule has 1 aromatic rings. The normalized spacial score (nSPS) is 20.0. The second kappa shape index (κ2) is 7.38. The van der Waals surface area contributed by atoms with Crippen molar-refractivity contribution in [3.05, 3.63) is 33.9 Å². The largest absolute Gasteiger partial charge is 0.496 e. The fraction of sp³-hybridized carbons (Fsp3) is 0.600. The average molecular weight is 294 g/mol. The minimum absolute atomic E-state index is 0.0414. The van der Waals surface area contributed by atoms with Crippen molar-refractivity contribution in [2.24, 2.45) is 0 Å². The van der Waals surface area contributed by atoms with Gasteiger partial charge in [0, 0.05) is 18.7 Å². The summed E-state index contributed by atoms with van der Waals surface area (Å²) in [5.41, 5.74) is 0.890. The van der Waals surface area contributed by atoms with Gasteiger partial charge < -0.3 is 9.84 Å². The van der Waals surface area contributed by atoms with Gasteiger partial charge in [-0.15, -0.1) is 0 Å². The molecule has 1 heterocycles. The number of methoxy groups -OCH3 is 1. The Bertz CT molecular complexity index is 493. The molecule has 2 rings (SSSR count). The van der Waals surface area contributed by atoms with Crippen LogP contribution in [0.25, 0.3) is 0 Å². The first-order valence-corrected chi connectivity index (χ1v) is 7.31. The molecule has 0 aliphatic carbocycles. The van der Waals surface area contributed by atoms with Crippen molar-refractivity contribution in [1.82, 2.24) is 4.90 Å². The molecule has 1 atom stereocenters. The van der Waals surface area contributed by atoms with Crippen molar-refractivity contribution < 1.29 is 14.8 Å². The quantitative estimate of drug-likeness (QED) is 0.666. The second-order valence-electron chi connectivity index (χ2n) is 5.45. The van der Waals surface area contributed by atoms with Gasteiger partial charge in [-0.3, -0.25) is 15.0 Å². The molecular formula is C15H22N2O4. The molecule has 0 amide bonds. The van der Waals surface area contributed by atoms with Crippen LogP contribution in [0.3, 0.4) is 0 Å². The van der Waals surface area contributed by atoms with Crippen LogP contribution in [0.15, 0.2) is 18.2 Å². The molecule has 1 N–H and O–H groups in total. The smallest absolute Gasteiger partial charge is 0.273 e. The monoisotopic (exact) mass is 294 g/mol. The number of nitro benzene ring substituents is 1. The number of hydrogen-bond donors (Lipinski definition) is 1. The van der Waals surface area contributed by atoms with E-state index in [1.165, 1.54) is 19.6 Å². The molecule has 1 aliphatic rings. The van der Waals surface area contributed by atoms with Crippen LogP contribution in [-0.4, -0.2) is 41.2 Å². The highest BCUT2D eigenvalue weighted by Gasteiger charge is 2.21. The number of rotatable bonds is 5. The topological polar surface area (TPSA) is 75.8 Å². The number of aliphatic hydroxyl groups excluding tert-OH is 1. The van der Waals surface area contributed by atoms with E-state index in [0.29, 0.717) is 12.3 Å². The summed E-state index contributed by atoms with van der Waals surface area (Å²) in [6.07, 6.45) is 4.37. The highest BCUT2D eigenvalue weighted by molar-refractivity contribution is 5.42. The summed E-state index contributed by atoms with van der Waals surface area (Å²) in [5, 5.41) is 20.5. The Morgan fingerprint density at radius 3 is 2.86 bits per heavy atom. The van der Waals surface area contributed by atoms with Gasteiger partial charge >= 0.3 is 0 Å². The first-order valence-electron chi connectivity index (χ1n) is 7.31. The Balaban J connectivity index is 2.20. The van der Waals surface area contributed by atoms with Crippen LogP contribution in [-0.2, 0) is 6.54 Å². The highest BCUT2D eigenvalue weighted by atomic mass is 16.6. The number of non-ortho nitro benzene ring substituents is 1. The molecule has 0 radical (unpaired) electrons. The molecule has 116 valence electrons. The Hall–Kier alpha value is -1.66. The summed E-state index contributed by atoms with van der Waals surface area (Å²) in [6, 6.07) is 4.97. The van der Waals surface area contributed by atoms with Crippen molar-refractivity contribution in [3.8, 4) is 5.75 Å². The molecule has 6 nitrogen and oxygen atoms in total. The van der Waals surface area contributed by atoms with E-state index >= 15 is 0 Å². The number of hydrogen-bond acceptors (Lipinski definition) is 5. The van der Waals surface area contributed by atoms with Crippen molar-refractivity contribution in [2.45, 2.75) is 38.3 Å². The predicted molar refractivity (Wildman–Crippen MR) is 79.4 cm³/mol. The van der Waals surface area contributed by atoms with Crippen LogP contribution in [0, 0.1) is 10.1 Å². The first-order chi connectivity index (χ1) is 10.1. The molecule has 0 bridgehead atoms. The van der Waals surface area contributed by atoms with Gasteiger partial charge in [-0.1, -0.05) is 12.8 Å². The first kappa shape index (κ1) is 15.7. The molecular weight excluding hydrogens is 272 g/mol. The van der Waals surface area contributed by atoms with Crippen molar-refractivity contribution in [2.75, 3.05) is 20.3 Å². The second-order valence-corrected chi connectivity index (χ2v) is 5.45. The van der Waals surface area contributed by atoms with E-state index in [4.69, 9.17) is 4.74 Å². The van der Waals surface area contributed by atoms with Crippen LogP contribution in [0.5, 0.6) is 5.75 Å². The number of likely N-dealkylation sites (tertiary alicyclic amines) is 1. The van der Waals surface area contributed by atoms with Gasteiger partial charge in [-0.2, -0.15) is 0 Å². The van der Waals surface area contributed by atoms with E-state index in [2.05, 4.69) is 4.90 Å². The molecule has 0 aromatic heterocycles. The summed E-state index contributed by atoms with van der Waals surface area (Å²) in [5.74, 6) is 0.495. The molecule has 6 heteroatoms. The molecule has 1 aromatic carbocycles. The fourth-order valence-electron chi connectivity index (χ4n) is 2.84. The van der Waals surface area contributed by atoms with E-state index in [-0.39, 0.29) is 18.3 Å². The zero-order chi connectivity index (χ0) is 15.2. The van der Waals surface area contributed by atoms with Crippen LogP contribution < -0.4 is 4.74 Å². The minimum Gasteiger partial charge on any atom is -0.496 e. The van der Waals surface area contributed by atoms with Crippen LogP contribution in [0.2, 0.25) is 0 Å². The maximum Gasteiger partial charge on any atom is 0.273 e. The van der Waals surface area contributed by atoms with Crippen LogP contribution >= 0.6 is 0 Å². The molecule has 0 spiro atoms. The third-order valence-corrected chi connectivity index (χ3v) is 3.99. The lowest BCUT2D eigenvalue weighted by molar-refractivity contribution is -0.385. The Labute approximate surface area is 124 Å². The third kappa shape index (κ3) is 4.15. The fourth-order valence-corrected chi connectivity index (χ4v) is 2.84. The Morgan fingerprint density at radius 2 is 2.19 bits per heavy atom. The molecule has 1 unspecified atom stereocenters. The standard InChI is InChI=1S/C15H22N2O4/c1-21-15-8-12(7-14(9-15)17(19)20)10-16-6-4-2-3-5-13(16)11-18/h7-9,13,18H,2-6,10-11H2,1H3. The Morgan fingerprint density at radius 1 is 1.38 bits per heavy atom. The zero-order valence-electron chi connectivity index (χ0n) is 12.3. The Kier molecular flexibility index (Phi) is 5.52. The molecule has 1 fully saturated rings. The number of benzene rings is 1. The summed E-state index contributed by atoms with van der Waals surface area (Å²) in [6.45, 7) is 1.64. The number of nitrogens with zero attached hydrogens (tertiary/aromatic N) is 2. The van der Waals surface area contributed by atoms with E-state index in [1.54, 1.807) is 6.07 Å². The summed E-state index contributed by atoms with van der Waals surface area (Å²) >= 11 is 0. The van der Waals surface area contributed by atoms with Gasteiger partial charge in [0.15, 0.2) is 0 Å². The summed E-state index contributed by atoms with van der Waals surface area (Å²) < 4.78 is 5.14. The molecule has 1 saturated heterocycles. The minimum atomic E-state index is -0.405. The molecule has 21 heavy (non-hydrogen) atoms. The van der Waals surface area contributed by atoms with Gasteiger partial charge in [0.25, 0.3) is 5.69 Å². The SMILES string of the molecule is COc1cc(CN2CCCCCC2CO)cc([N+](=O)[O-])c1. The van der Waals surface area contributed by atoms with Gasteiger partial charge in [0.2, 0.25) is 0 Å². The third-order valence-electron chi connectivity index (χ3n) is 3.99. The molecule has 0 saturated carbocycles. The number of ether oxygens (including phenoxy) is 1.